The van der Waals surface area contributed by atoms with Crippen LogP contribution in [0.1, 0.15) is 12.1 Å². The quantitative estimate of drug-likeness (QED) is 0.364. The number of ether oxygens (including phenoxy) is 1. The lowest BCUT2D eigenvalue weighted by Crippen LogP contribution is -2.51. The van der Waals surface area contributed by atoms with E-state index in [1.165, 1.54) is 0 Å². The summed E-state index contributed by atoms with van der Waals surface area (Å²) in [5.41, 5.74) is 5.83. The highest BCUT2D eigenvalue weighted by Crippen LogP contribution is 2.30. The number of thiocarbonyl (C=S) groups is 1. The third-order valence-corrected chi connectivity index (χ3v) is 6.95. The van der Waals surface area contributed by atoms with Gasteiger partial charge < -0.3 is 19.6 Å². The van der Waals surface area contributed by atoms with Gasteiger partial charge in [-0.2, -0.15) is 5.10 Å². The summed E-state index contributed by atoms with van der Waals surface area (Å²) in [6.45, 7) is 3.93. The van der Waals surface area contributed by atoms with E-state index in [-0.39, 0.29) is 26.5 Å². The van der Waals surface area contributed by atoms with Crippen molar-refractivity contribution in [2.45, 2.75) is 6.42 Å². The molecular formula is C20H22IN5O2S. The molecule has 0 aliphatic carbocycles. The fraction of sp³-hybridized carbons (Fsp3) is 0.300. The number of hydrogen-bond donors (Lipinski definition) is 2. The zero-order valence-corrected chi connectivity index (χ0v) is 18.8. The molecule has 2 aliphatic rings. The zero-order valence-electron chi connectivity index (χ0n) is 15.8. The lowest BCUT2D eigenvalue weighted by atomic mass is 10.1. The molecule has 7 nitrogen and oxygen atoms in total. The number of rotatable bonds is 3. The van der Waals surface area contributed by atoms with Crippen LogP contribution in [0.4, 0.5) is 5.69 Å². The van der Waals surface area contributed by atoms with Gasteiger partial charge in [0.1, 0.15) is 11.4 Å². The maximum Gasteiger partial charge on any atom is 0.189 e. The smallest absolute Gasteiger partial charge is 0.189 e. The van der Waals surface area contributed by atoms with Crippen LogP contribution in [0.5, 0.6) is 11.5 Å². The number of pyridine rings is 1. The molecule has 1 aromatic heterocycles. The minimum atomic E-state index is -0.330. The number of anilines is 1. The summed E-state index contributed by atoms with van der Waals surface area (Å²) in [6.07, 6.45) is 2.49. The number of phenolic OH excluding ortho intramolecular Hbond substituents is 1. The van der Waals surface area contributed by atoms with Crippen molar-refractivity contribution in [2.24, 2.45) is 5.10 Å². The molecule has 3 heterocycles. The van der Waals surface area contributed by atoms with Crippen molar-refractivity contribution >= 4 is 54.0 Å². The van der Waals surface area contributed by atoms with E-state index in [9.17, 15) is 5.11 Å². The van der Waals surface area contributed by atoms with E-state index in [1.54, 1.807) is 18.3 Å². The van der Waals surface area contributed by atoms with Crippen molar-refractivity contribution in [1.29, 1.82) is 0 Å². The molecule has 0 unspecified atom stereocenters. The largest absolute Gasteiger partial charge is 0.508 e. The average molecular weight is 523 g/mol. The number of hydrogen-bond acceptors (Lipinski definition) is 6. The fourth-order valence-corrected chi connectivity index (χ4v) is 4.77. The minimum Gasteiger partial charge on any atom is -0.508 e. The molecule has 2 aliphatic heterocycles. The highest BCUT2D eigenvalue weighted by Gasteiger charge is 2.22. The first-order chi connectivity index (χ1) is 14.2. The number of fused-ring (bicyclic) bond motifs is 1. The van der Waals surface area contributed by atoms with Gasteiger partial charge in [-0.05, 0) is 42.5 Å². The summed E-state index contributed by atoms with van der Waals surface area (Å²) in [5.74, 6) is 1.11. The number of nitrogens with zero attached hydrogens (tertiary/aromatic N) is 4. The molecule has 1 fully saturated rings. The molecule has 0 amide bonds. The topological polar surface area (TPSA) is 73.2 Å². The molecule has 0 saturated carbocycles. The van der Waals surface area contributed by atoms with Crippen molar-refractivity contribution in [3.8, 4) is 11.5 Å². The van der Waals surface area contributed by atoms with Gasteiger partial charge >= 0.3 is 0 Å². The van der Waals surface area contributed by atoms with Crippen LogP contribution >= 0.6 is 32.9 Å². The summed E-state index contributed by atoms with van der Waals surface area (Å²) in [7, 11) is 0. The lowest BCUT2D eigenvalue weighted by molar-refractivity contribution is 0.315. The van der Waals surface area contributed by atoms with Gasteiger partial charge in [0, 0.05) is 44.5 Å². The summed E-state index contributed by atoms with van der Waals surface area (Å²) in [4.78, 5) is 8.87. The van der Waals surface area contributed by atoms with Gasteiger partial charge in [-0.15, -0.1) is 0 Å². The Morgan fingerprint density at radius 1 is 1.21 bits per heavy atom. The number of halogens is 1. The molecule has 2 N–H and O–H groups in total. The molecule has 4 rings (SSSR count). The van der Waals surface area contributed by atoms with Crippen LogP contribution in [0.3, 0.4) is 0 Å². The molecule has 1 saturated heterocycles. The summed E-state index contributed by atoms with van der Waals surface area (Å²) >= 11 is 5.23. The van der Waals surface area contributed by atoms with Crippen LogP contribution in [0.15, 0.2) is 41.6 Å². The summed E-state index contributed by atoms with van der Waals surface area (Å²) < 4.78 is 11.0. The van der Waals surface area contributed by atoms with Crippen molar-refractivity contribution in [3.05, 3.63) is 45.8 Å². The van der Waals surface area contributed by atoms with E-state index < -0.39 is 0 Å². The standard InChI is InChI=1S/C20H22IN5O2S/c1-21-16-6-8-22-18-17(7-13-28-19(16)18)23-24-20(29)26-11-9-25(10-12-26)14-2-4-15(27)5-3-14/h2-6,8,27H,1,7,9-13H2,(H,24,29)/b23-17-. The second-order valence-electron chi connectivity index (χ2n) is 6.67. The Morgan fingerprint density at radius 2 is 1.97 bits per heavy atom. The third kappa shape index (κ3) is 4.50. The van der Waals surface area contributed by atoms with Crippen LogP contribution in [0, 0.1) is 3.57 Å². The van der Waals surface area contributed by atoms with Gasteiger partial charge in [0.05, 0.1) is 15.9 Å². The molecule has 9 heteroatoms. The second kappa shape index (κ2) is 9.04. The van der Waals surface area contributed by atoms with Gasteiger partial charge in [-0.1, -0.05) is 25.2 Å². The van der Waals surface area contributed by atoms with Crippen LogP contribution in [0.2, 0.25) is 0 Å². The first-order valence-electron chi connectivity index (χ1n) is 9.31. The number of aromatic nitrogens is 1. The number of phenols is 1. The van der Waals surface area contributed by atoms with Crippen LogP contribution in [-0.2, 0) is 0 Å². The summed E-state index contributed by atoms with van der Waals surface area (Å²) in [6, 6.07) is 9.28. The predicted octanol–water partition coefficient (Wildman–Crippen LogP) is 2.54. The first kappa shape index (κ1) is 20.0. The van der Waals surface area contributed by atoms with Crippen molar-refractivity contribution < 1.29 is 9.84 Å². The Morgan fingerprint density at radius 3 is 2.69 bits per heavy atom. The third-order valence-electron chi connectivity index (χ3n) is 4.93. The Bertz CT molecular complexity index is 942. The Balaban J connectivity index is 1.38. The Kier molecular flexibility index (Phi) is 6.24. The number of benzene rings is 1. The SMILES string of the molecule is C=Ic1ccnc2c1OCC/C2=N/NC(=S)N1CCN(c2ccc(O)cc2)CC1. The van der Waals surface area contributed by atoms with E-state index in [0.717, 1.165) is 52.6 Å². The van der Waals surface area contributed by atoms with Crippen molar-refractivity contribution in [1.82, 2.24) is 15.3 Å². The zero-order chi connectivity index (χ0) is 20.2. The monoisotopic (exact) mass is 523 g/mol. The predicted molar refractivity (Wildman–Crippen MR) is 128 cm³/mol. The van der Waals surface area contributed by atoms with E-state index in [0.29, 0.717) is 18.1 Å². The van der Waals surface area contributed by atoms with Gasteiger partial charge in [0.2, 0.25) is 0 Å². The van der Waals surface area contributed by atoms with Gasteiger partial charge in [0.15, 0.2) is 10.9 Å². The van der Waals surface area contributed by atoms with E-state index >= 15 is 0 Å². The molecule has 0 atom stereocenters. The molecule has 2 aromatic rings. The molecule has 0 spiro atoms. The first-order valence-corrected chi connectivity index (χ1v) is 12.3. The average Bonchev–Trinajstić information content (AvgIpc) is 2.77. The Hall–Kier alpha value is -2.27. The van der Waals surface area contributed by atoms with Gasteiger partial charge in [-0.25, -0.2) is 0 Å². The highest BCUT2D eigenvalue weighted by atomic mass is 127. The van der Waals surface area contributed by atoms with E-state index in [4.69, 9.17) is 17.0 Å². The molecule has 29 heavy (non-hydrogen) atoms. The van der Waals surface area contributed by atoms with Crippen molar-refractivity contribution in [2.75, 3.05) is 37.7 Å². The molecule has 0 radical (unpaired) electrons. The molecule has 0 bridgehead atoms. The van der Waals surface area contributed by atoms with E-state index in [1.807, 2.05) is 18.2 Å². The summed E-state index contributed by atoms with van der Waals surface area (Å²) in [5, 5.41) is 14.6. The number of nitrogens with one attached hydrogen (secondary N) is 1. The normalized spacial score (nSPS) is 17.6. The minimum absolute atomic E-state index is 0.283. The number of piperazine rings is 1. The van der Waals surface area contributed by atoms with Gasteiger partial charge in [0.25, 0.3) is 0 Å². The fourth-order valence-electron chi connectivity index (χ4n) is 3.37. The van der Waals surface area contributed by atoms with Crippen LogP contribution in [0.25, 0.3) is 0 Å². The van der Waals surface area contributed by atoms with Crippen LogP contribution < -0.4 is 15.1 Å². The number of aromatic hydroxyl groups is 1. The lowest BCUT2D eigenvalue weighted by Gasteiger charge is -2.37. The molecule has 152 valence electrons. The molecular weight excluding hydrogens is 501 g/mol. The van der Waals surface area contributed by atoms with Gasteiger partial charge in [-0.3, -0.25) is 10.4 Å². The second-order valence-corrected chi connectivity index (χ2v) is 8.98. The van der Waals surface area contributed by atoms with Crippen LogP contribution in [-0.4, -0.2) is 63.1 Å². The molecule has 1 aromatic carbocycles. The number of hydrazone groups is 1. The van der Waals surface area contributed by atoms with Crippen molar-refractivity contribution in [3.63, 3.8) is 0 Å². The maximum absolute atomic E-state index is 9.45. The van der Waals surface area contributed by atoms with E-state index in [2.05, 4.69) is 29.8 Å². The maximum atomic E-state index is 9.45. The highest BCUT2D eigenvalue weighted by molar-refractivity contribution is 14.2. The Labute approximate surface area is 185 Å².